The molecule has 0 unspecified atom stereocenters. The Labute approximate surface area is 166 Å². The van der Waals surface area contributed by atoms with Crippen LogP contribution in [-0.4, -0.2) is 39.5 Å². The maximum absolute atomic E-state index is 4.11. The van der Waals surface area contributed by atoms with Gasteiger partial charge in [-0.25, -0.2) is 9.97 Å². The van der Waals surface area contributed by atoms with E-state index in [1.165, 1.54) is 42.6 Å². The highest BCUT2D eigenvalue weighted by Gasteiger charge is 2.18. The van der Waals surface area contributed by atoms with Gasteiger partial charge in [0.05, 0.1) is 0 Å². The maximum Gasteiger partial charge on any atom is 0.115 e. The van der Waals surface area contributed by atoms with Crippen LogP contribution in [0.15, 0.2) is 67.5 Å². The molecule has 1 aliphatic rings. The lowest BCUT2D eigenvalue weighted by Gasteiger charge is -2.32. The van der Waals surface area contributed by atoms with Crippen LogP contribution in [0.4, 0.5) is 0 Å². The summed E-state index contributed by atoms with van der Waals surface area (Å²) in [7, 11) is 0. The number of rotatable bonds is 7. The van der Waals surface area contributed by atoms with Crippen molar-refractivity contribution in [1.82, 2.24) is 25.2 Å². The van der Waals surface area contributed by atoms with E-state index in [-0.39, 0.29) is 0 Å². The smallest absolute Gasteiger partial charge is 0.115 e. The molecule has 2 aromatic heterocycles. The van der Waals surface area contributed by atoms with Crippen molar-refractivity contribution in [3.8, 4) is 11.1 Å². The van der Waals surface area contributed by atoms with Crippen molar-refractivity contribution in [2.75, 3.05) is 19.6 Å². The maximum atomic E-state index is 4.11. The first-order chi connectivity index (χ1) is 13.9. The molecule has 3 aromatic rings. The fraction of sp³-hybridized carbons (Fsp3) is 0.348. The third kappa shape index (κ3) is 5.21. The van der Waals surface area contributed by atoms with E-state index in [0.717, 1.165) is 31.1 Å². The fourth-order valence-corrected chi connectivity index (χ4v) is 3.82. The monoisotopic (exact) mass is 373 g/mol. The van der Waals surface area contributed by atoms with Crippen LogP contribution in [0.2, 0.25) is 0 Å². The molecular weight excluding hydrogens is 346 g/mol. The van der Waals surface area contributed by atoms with Gasteiger partial charge in [-0.05, 0) is 73.3 Å². The predicted octanol–water partition coefficient (Wildman–Crippen LogP) is 3.54. The number of hydrogen-bond acceptors (Lipinski definition) is 5. The highest BCUT2D eigenvalue weighted by Crippen LogP contribution is 2.20. The van der Waals surface area contributed by atoms with E-state index in [9.17, 15) is 0 Å². The Morgan fingerprint density at radius 1 is 0.893 bits per heavy atom. The SMILES string of the molecule is c1cc(CNCC2CCN(Cc3ccncc3)CC2)cc(-c2cncnc2)c1. The molecule has 1 aliphatic heterocycles. The Morgan fingerprint density at radius 2 is 1.68 bits per heavy atom. The van der Waals surface area contributed by atoms with Crippen LogP contribution in [-0.2, 0) is 13.1 Å². The first-order valence-electron chi connectivity index (χ1n) is 10.0. The second-order valence-corrected chi connectivity index (χ2v) is 7.53. The minimum Gasteiger partial charge on any atom is -0.312 e. The number of nitrogens with one attached hydrogen (secondary N) is 1. The molecule has 144 valence electrons. The van der Waals surface area contributed by atoms with Crippen molar-refractivity contribution in [2.24, 2.45) is 5.92 Å². The summed E-state index contributed by atoms with van der Waals surface area (Å²) in [5.41, 5.74) is 4.89. The quantitative estimate of drug-likeness (QED) is 0.686. The molecule has 5 heteroatoms. The van der Waals surface area contributed by atoms with Gasteiger partial charge in [0.25, 0.3) is 0 Å². The largest absolute Gasteiger partial charge is 0.312 e. The molecule has 1 saturated heterocycles. The average Bonchev–Trinajstić information content (AvgIpc) is 2.77. The summed E-state index contributed by atoms with van der Waals surface area (Å²) in [4.78, 5) is 14.9. The standard InChI is InChI=1S/C23H27N5/c1-2-21(12-22(3-1)23-15-26-18-27-16-23)14-25-13-19-6-10-28(11-7-19)17-20-4-8-24-9-5-20/h1-5,8-9,12,15-16,18-19,25H,6-7,10-11,13-14,17H2. The summed E-state index contributed by atoms with van der Waals surface area (Å²) < 4.78 is 0. The number of likely N-dealkylation sites (tertiary alicyclic amines) is 1. The molecule has 0 bridgehead atoms. The fourth-order valence-electron chi connectivity index (χ4n) is 3.82. The van der Waals surface area contributed by atoms with E-state index in [4.69, 9.17) is 0 Å². The van der Waals surface area contributed by atoms with Crippen molar-refractivity contribution in [3.05, 3.63) is 78.6 Å². The first kappa shape index (κ1) is 18.7. The van der Waals surface area contributed by atoms with Crippen molar-refractivity contribution in [3.63, 3.8) is 0 Å². The first-order valence-corrected chi connectivity index (χ1v) is 10.0. The number of nitrogens with zero attached hydrogens (tertiary/aromatic N) is 4. The highest BCUT2D eigenvalue weighted by atomic mass is 15.1. The number of benzene rings is 1. The van der Waals surface area contributed by atoms with Crippen molar-refractivity contribution < 1.29 is 0 Å². The Hall–Kier alpha value is -2.63. The normalized spacial score (nSPS) is 15.6. The summed E-state index contributed by atoms with van der Waals surface area (Å²) >= 11 is 0. The van der Waals surface area contributed by atoms with Gasteiger partial charge in [0.1, 0.15) is 6.33 Å². The van der Waals surface area contributed by atoms with Gasteiger partial charge in [-0.2, -0.15) is 0 Å². The molecule has 0 radical (unpaired) electrons. The van der Waals surface area contributed by atoms with E-state index in [1.807, 2.05) is 24.8 Å². The van der Waals surface area contributed by atoms with Gasteiger partial charge in [-0.3, -0.25) is 9.88 Å². The average molecular weight is 374 g/mol. The summed E-state index contributed by atoms with van der Waals surface area (Å²) in [5.74, 6) is 0.763. The lowest BCUT2D eigenvalue weighted by atomic mass is 9.96. The molecule has 0 atom stereocenters. The van der Waals surface area contributed by atoms with Crippen LogP contribution in [0, 0.1) is 5.92 Å². The van der Waals surface area contributed by atoms with Gasteiger partial charge in [0.15, 0.2) is 0 Å². The van der Waals surface area contributed by atoms with Crippen LogP contribution in [0.1, 0.15) is 24.0 Å². The summed E-state index contributed by atoms with van der Waals surface area (Å²) in [6.07, 6.45) is 11.6. The molecule has 0 saturated carbocycles. The molecule has 3 heterocycles. The molecule has 1 fully saturated rings. The zero-order chi connectivity index (χ0) is 19.0. The summed E-state index contributed by atoms with van der Waals surface area (Å²) in [5, 5.41) is 3.66. The minimum absolute atomic E-state index is 0.763. The lowest BCUT2D eigenvalue weighted by molar-refractivity contribution is 0.175. The second kappa shape index (κ2) is 9.53. The third-order valence-electron chi connectivity index (χ3n) is 5.45. The number of pyridine rings is 1. The second-order valence-electron chi connectivity index (χ2n) is 7.53. The summed E-state index contributed by atoms with van der Waals surface area (Å²) in [6.45, 7) is 5.38. The summed E-state index contributed by atoms with van der Waals surface area (Å²) in [6, 6.07) is 12.9. The molecule has 0 aliphatic carbocycles. The Morgan fingerprint density at radius 3 is 2.46 bits per heavy atom. The molecular formula is C23H27N5. The van der Waals surface area contributed by atoms with Crippen molar-refractivity contribution in [2.45, 2.75) is 25.9 Å². The molecule has 4 rings (SSSR count). The number of hydrogen-bond donors (Lipinski definition) is 1. The zero-order valence-electron chi connectivity index (χ0n) is 16.2. The molecule has 28 heavy (non-hydrogen) atoms. The van der Waals surface area contributed by atoms with Gasteiger partial charge >= 0.3 is 0 Å². The molecule has 0 spiro atoms. The Kier molecular flexibility index (Phi) is 6.37. The van der Waals surface area contributed by atoms with Crippen LogP contribution < -0.4 is 5.32 Å². The van der Waals surface area contributed by atoms with Gasteiger partial charge in [0, 0.05) is 43.4 Å². The number of aromatic nitrogens is 3. The van der Waals surface area contributed by atoms with Crippen LogP contribution >= 0.6 is 0 Å². The van der Waals surface area contributed by atoms with Crippen LogP contribution in [0.25, 0.3) is 11.1 Å². The lowest BCUT2D eigenvalue weighted by Crippen LogP contribution is -2.36. The van der Waals surface area contributed by atoms with Gasteiger partial charge < -0.3 is 5.32 Å². The van der Waals surface area contributed by atoms with Crippen molar-refractivity contribution >= 4 is 0 Å². The van der Waals surface area contributed by atoms with E-state index in [2.05, 4.69) is 61.6 Å². The Bertz CT molecular complexity index is 845. The van der Waals surface area contributed by atoms with E-state index in [1.54, 1.807) is 6.33 Å². The third-order valence-corrected chi connectivity index (χ3v) is 5.45. The van der Waals surface area contributed by atoms with E-state index >= 15 is 0 Å². The van der Waals surface area contributed by atoms with Gasteiger partial charge in [-0.1, -0.05) is 18.2 Å². The van der Waals surface area contributed by atoms with Crippen molar-refractivity contribution in [1.29, 1.82) is 0 Å². The Balaban J connectivity index is 1.21. The molecule has 1 N–H and O–H groups in total. The predicted molar refractivity (Wildman–Crippen MR) is 111 cm³/mol. The minimum atomic E-state index is 0.763. The number of piperidine rings is 1. The topological polar surface area (TPSA) is 53.9 Å². The van der Waals surface area contributed by atoms with Crippen LogP contribution in [0.3, 0.4) is 0 Å². The van der Waals surface area contributed by atoms with E-state index in [0.29, 0.717) is 0 Å². The van der Waals surface area contributed by atoms with Gasteiger partial charge in [-0.15, -0.1) is 0 Å². The van der Waals surface area contributed by atoms with Gasteiger partial charge in [0.2, 0.25) is 0 Å². The molecule has 1 aromatic carbocycles. The zero-order valence-corrected chi connectivity index (χ0v) is 16.2. The van der Waals surface area contributed by atoms with Crippen LogP contribution in [0.5, 0.6) is 0 Å². The molecule has 0 amide bonds. The molecule has 5 nitrogen and oxygen atoms in total. The van der Waals surface area contributed by atoms with E-state index < -0.39 is 0 Å². The highest BCUT2D eigenvalue weighted by molar-refractivity contribution is 5.62.